The van der Waals surface area contributed by atoms with Gasteiger partial charge in [0.25, 0.3) is 5.91 Å². The lowest BCUT2D eigenvalue weighted by molar-refractivity contribution is 0.0746. The molecule has 156 valence electrons. The third kappa shape index (κ3) is 4.81. The fraction of sp³-hybridized carbons (Fsp3) is 0.250. The minimum absolute atomic E-state index is 0.0153. The Balaban J connectivity index is 1.48. The van der Waals surface area contributed by atoms with Crippen LogP contribution in [0.15, 0.2) is 55.0 Å². The predicted octanol–water partition coefficient (Wildman–Crippen LogP) is 2.55. The number of hydrogen-bond acceptors (Lipinski definition) is 6. The molecule has 0 unspecified atom stereocenters. The normalized spacial score (nSPS) is 13.4. The average Bonchev–Trinajstić information content (AvgIpc) is 2.83. The molecular weight excluding hydrogens is 390 g/mol. The van der Waals surface area contributed by atoms with Crippen molar-refractivity contribution < 1.29 is 9.53 Å². The van der Waals surface area contributed by atoms with E-state index in [1.165, 1.54) is 0 Å². The second-order valence-corrected chi connectivity index (χ2v) is 7.18. The number of nitrogens with zero attached hydrogens (tertiary/aromatic N) is 5. The van der Waals surface area contributed by atoms with E-state index < -0.39 is 0 Å². The number of benzene rings is 1. The first-order valence-electron chi connectivity index (χ1n) is 10.1. The average molecular weight is 413 g/mol. The van der Waals surface area contributed by atoms with Gasteiger partial charge in [-0.25, -0.2) is 9.97 Å². The smallest absolute Gasteiger partial charge is 0.254 e. The molecule has 0 bridgehead atoms. The van der Waals surface area contributed by atoms with Crippen LogP contribution in [-0.2, 0) is 0 Å². The van der Waals surface area contributed by atoms with Crippen molar-refractivity contribution in [3.05, 3.63) is 77.5 Å². The lowest BCUT2D eigenvalue weighted by atomic mass is 10.1. The minimum atomic E-state index is -0.0153. The number of aromatic nitrogens is 3. The Morgan fingerprint density at radius 2 is 1.90 bits per heavy atom. The maximum Gasteiger partial charge on any atom is 0.254 e. The summed E-state index contributed by atoms with van der Waals surface area (Å²) in [6, 6.07) is 10.9. The Labute approximate surface area is 181 Å². The Morgan fingerprint density at radius 3 is 2.61 bits per heavy atom. The molecule has 4 rings (SSSR count). The molecule has 7 nitrogen and oxygen atoms in total. The highest BCUT2D eigenvalue weighted by Crippen LogP contribution is 2.21. The number of pyridine rings is 1. The highest BCUT2D eigenvalue weighted by molar-refractivity contribution is 5.95. The fourth-order valence-corrected chi connectivity index (χ4v) is 3.43. The summed E-state index contributed by atoms with van der Waals surface area (Å²) in [5.41, 5.74) is 2.80. The van der Waals surface area contributed by atoms with Gasteiger partial charge in [-0.2, -0.15) is 0 Å². The molecule has 1 aromatic carbocycles. The highest BCUT2D eigenvalue weighted by Gasteiger charge is 2.23. The molecule has 7 heteroatoms. The van der Waals surface area contributed by atoms with Crippen molar-refractivity contribution in [2.45, 2.75) is 6.92 Å². The standard InChI is InChI=1S/C24H23N5O2/c1-18-16-25-17-23(27-18)28-11-13-29(14-12-28)24(30)20-7-9-22(31-2)19(15-20)6-8-21-5-3-4-10-26-21/h3-5,7,9-10,15-17H,11-14H2,1-2H3. The number of carbonyl (C=O) groups excluding carboxylic acids is 1. The van der Waals surface area contributed by atoms with Gasteiger partial charge in [0.2, 0.25) is 0 Å². The van der Waals surface area contributed by atoms with E-state index in [2.05, 4.69) is 31.7 Å². The zero-order valence-electron chi connectivity index (χ0n) is 17.6. The van der Waals surface area contributed by atoms with Crippen molar-refractivity contribution in [2.75, 3.05) is 38.2 Å². The molecule has 0 aliphatic carbocycles. The van der Waals surface area contributed by atoms with Gasteiger partial charge < -0.3 is 14.5 Å². The van der Waals surface area contributed by atoms with E-state index >= 15 is 0 Å². The summed E-state index contributed by atoms with van der Waals surface area (Å²) in [4.78, 5) is 30.1. The number of anilines is 1. The first-order chi connectivity index (χ1) is 15.1. The van der Waals surface area contributed by atoms with Crippen LogP contribution in [0.3, 0.4) is 0 Å². The van der Waals surface area contributed by atoms with E-state index in [0.717, 1.165) is 11.5 Å². The van der Waals surface area contributed by atoms with Gasteiger partial charge in [0.1, 0.15) is 17.3 Å². The number of piperazine rings is 1. The summed E-state index contributed by atoms with van der Waals surface area (Å²) < 4.78 is 5.42. The number of amides is 1. The van der Waals surface area contributed by atoms with Crippen LogP contribution in [0.1, 0.15) is 27.3 Å². The Kier molecular flexibility index (Phi) is 6.08. The van der Waals surface area contributed by atoms with E-state index in [1.54, 1.807) is 43.9 Å². The van der Waals surface area contributed by atoms with Crippen molar-refractivity contribution in [2.24, 2.45) is 0 Å². The van der Waals surface area contributed by atoms with Crippen LogP contribution in [0.4, 0.5) is 5.82 Å². The number of methoxy groups -OCH3 is 1. The first kappa shape index (κ1) is 20.4. The lowest BCUT2D eigenvalue weighted by Crippen LogP contribution is -2.49. The molecule has 0 atom stereocenters. The fourth-order valence-electron chi connectivity index (χ4n) is 3.43. The van der Waals surface area contributed by atoms with Crippen LogP contribution in [0, 0.1) is 18.8 Å². The maximum absolute atomic E-state index is 13.1. The molecule has 0 N–H and O–H groups in total. The van der Waals surface area contributed by atoms with Crippen LogP contribution < -0.4 is 9.64 Å². The Morgan fingerprint density at radius 1 is 1.06 bits per heavy atom. The number of aryl methyl sites for hydroxylation is 1. The predicted molar refractivity (Wildman–Crippen MR) is 118 cm³/mol. The second kappa shape index (κ2) is 9.26. The molecule has 3 aromatic rings. The van der Waals surface area contributed by atoms with Crippen LogP contribution in [0.2, 0.25) is 0 Å². The molecular formula is C24H23N5O2. The quantitative estimate of drug-likeness (QED) is 0.615. The van der Waals surface area contributed by atoms with Crippen molar-refractivity contribution in [1.82, 2.24) is 19.9 Å². The summed E-state index contributed by atoms with van der Waals surface area (Å²) in [6.45, 7) is 4.60. The summed E-state index contributed by atoms with van der Waals surface area (Å²) in [5.74, 6) is 7.57. The van der Waals surface area contributed by atoms with Gasteiger partial charge in [-0.15, -0.1) is 0 Å². The molecule has 3 heterocycles. The van der Waals surface area contributed by atoms with Crippen LogP contribution in [-0.4, -0.2) is 59.0 Å². The number of carbonyl (C=O) groups is 1. The lowest BCUT2D eigenvalue weighted by Gasteiger charge is -2.35. The van der Waals surface area contributed by atoms with Crippen molar-refractivity contribution in [1.29, 1.82) is 0 Å². The zero-order chi connectivity index (χ0) is 21.6. The number of ether oxygens (including phenoxy) is 1. The largest absolute Gasteiger partial charge is 0.495 e. The van der Waals surface area contributed by atoms with Gasteiger partial charge >= 0.3 is 0 Å². The minimum Gasteiger partial charge on any atom is -0.495 e. The molecule has 1 amide bonds. The van der Waals surface area contributed by atoms with E-state index in [-0.39, 0.29) is 5.91 Å². The molecule has 31 heavy (non-hydrogen) atoms. The van der Waals surface area contributed by atoms with Gasteiger partial charge in [-0.05, 0) is 43.2 Å². The SMILES string of the molecule is COc1ccc(C(=O)N2CCN(c3cncc(C)n3)CC2)cc1C#Cc1ccccn1. The third-order valence-electron chi connectivity index (χ3n) is 5.07. The van der Waals surface area contributed by atoms with Crippen molar-refractivity contribution >= 4 is 11.7 Å². The van der Waals surface area contributed by atoms with Crippen LogP contribution >= 0.6 is 0 Å². The Bertz CT molecular complexity index is 1130. The maximum atomic E-state index is 13.1. The highest BCUT2D eigenvalue weighted by atomic mass is 16.5. The molecule has 0 radical (unpaired) electrons. The van der Waals surface area contributed by atoms with Gasteiger partial charge in [-0.3, -0.25) is 9.78 Å². The topological polar surface area (TPSA) is 71.5 Å². The van der Waals surface area contributed by atoms with Gasteiger partial charge in [0, 0.05) is 44.1 Å². The first-order valence-corrected chi connectivity index (χ1v) is 10.1. The third-order valence-corrected chi connectivity index (χ3v) is 5.07. The molecule has 0 saturated carbocycles. The summed E-state index contributed by atoms with van der Waals surface area (Å²) in [7, 11) is 1.59. The van der Waals surface area contributed by atoms with Gasteiger partial charge in [0.15, 0.2) is 0 Å². The summed E-state index contributed by atoms with van der Waals surface area (Å²) in [6.07, 6.45) is 5.20. The monoisotopic (exact) mass is 413 g/mol. The summed E-state index contributed by atoms with van der Waals surface area (Å²) in [5, 5.41) is 0. The zero-order valence-corrected chi connectivity index (χ0v) is 17.6. The van der Waals surface area contributed by atoms with Crippen LogP contribution in [0.25, 0.3) is 0 Å². The van der Waals surface area contributed by atoms with Gasteiger partial charge in [0.05, 0.1) is 24.6 Å². The Hall–Kier alpha value is -3.92. The summed E-state index contributed by atoms with van der Waals surface area (Å²) >= 11 is 0. The molecule has 2 aromatic heterocycles. The number of rotatable bonds is 3. The van der Waals surface area contributed by atoms with Crippen LogP contribution in [0.5, 0.6) is 5.75 Å². The van der Waals surface area contributed by atoms with E-state index in [0.29, 0.717) is 48.7 Å². The number of hydrogen-bond donors (Lipinski definition) is 0. The molecule has 1 aliphatic rings. The molecule has 1 fully saturated rings. The van der Waals surface area contributed by atoms with Crippen molar-refractivity contribution in [3.63, 3.8) is 0 Å². The molecule has 0 spiro atoms. The molecule has 1 aliphatic heterocycles. The van der Waals surface area contributed by atoms with E-state index in [1.807, 2.05) is 30.0 Å². The van der Waals surface area contributed by atoms with Gasteiger partial charge in [-0.1, -0.05) is 12.0 Å². The van der Waals surface area contributed by atoms with E-state index in [9.17, 15) is 4.79 Å². The van der Waals surface area contributed by atoms with E-state index in [4.69, 9.17) is 4.74 Å². The van der Waals surface area contributed by atoms with Crippen molar-refractivity contribution in [3.8, 4) is 17.6 Å². The molecule has 1 saturated heterocycles. The second-order valence-electron chi connectivity index (χ2n) is 7.18.